The minimum absolute atomic E-state index is 0.0288. The first-order chi connectivity index (χ1) is 17.1. The molecule has 0 unspecified atom stereocenters. The third-order valence-corrected chi connectivity index (χ3v) is 11.1. The molecule has 0 aliphatic heterocycles. The van der Waals surface area contributed by atoms with Crippen molar-refractivity contribution in [2.75, 3.05) is 12.0 Å². The Kier molecular flexibility index (Phi) is 8.42. The summed E-state index contributed by atoms with van der Waals surface area (Å²) in [5.41, 5.74) is 0.239. The van der Waals surface area contributed by atoms with Gasteiger partial charge in [0.05, 0.1) is 6.42 Å². The SMILES string of the molecule is CSCC[C@@H](NC(=O)CCC(=O)O[C@H]1CC[C@H]2[C@@H]3CC[C@H]4CC(=O)CC[C@]4(C)[C@H]3CC[C@]12C)C(=O)O. The number of carboxylic acids is 1. The van der Waals surface area contributed by atoms with Crippen molar-refractivity contribution < 1.29 is 29.0 Å². The predicted octanol–water partition coefficient (Wildman–Crippen LogP) is 4.61. The number of thioether (sulfide) groups is 1. The molecule has 0 heterocycles. The average Bonchev–Trinajstić information content (AvgIpc) is 3.16. The zero-order valence-corrected chi connectivity index (χ0v) is 22.9. The molecule has 4 aliphatic carbocycles. The summed E-state index contributed by atoms with van der Waals surface area (Å²) in [7, 11) is 0. The van der Waals surface area contributed by atoms with E-state index in [1.165, 1.54) is 18.2 Å². The van der Waals surface area contributed by atoms with Gasteiger partial charge in [0.2, 0.25) is 5.91 Å². The molecule has 8 atom stereocenters. The van der Waals surface area contributed by atoms with Crippen molar-refractivity contribution in [3.63, 3.8) is 0 Å². The number of hydrogen-bond donors (Lipinski definition) is 2. The molecule has 2 N–H and O–H groups in total. The number of hydrogen-bond acceptors (Lipinski definition) is 6. The van der Waals surface area contributed by atoms with Gasteiger partial charge in [-0.3, -0.25) is 14.4 Å². The summed E-state index contributed by atoms with van der Waals surface area (Å²) in [6.45, 7) is 4.74. The molecule has 4 aliphatic rings. The van der Waals surface area contributed by atoms with Crippen LogP contribution in [-0.2, 0) is 23.9 Å². The molecule has 0 aromatic rings. The Morgan fingerprint density at radius 2 is 1.81 bits per heavy atom. The minimum Gasteiger partial charge on any atom is -0.480 e. The zero-order valence-electron chi connectivity index (χ0n) is 22.1. The smallest absolute Gasteiger partial charge is 0.326 e. The zero-order chi connectivity index (χ0) is 26.1. The number of aliphatic carboxylic acids is 1. The Balaban J connectivity index is 1.31. The van der Waals surface area contributed by atoms with Gasteiger partial charge in [-0.05, 0) is 92.5 Å². The number of amides is 1. The maximum Gasteiger partial charge on any atom is 0.326 e. The van der Waals surface area contributed by atoms with Gasteiger partial charge < -0.3 is 15.2 Å². The van der Waals surface area contributed by atoms with Crippen molar-refractivity contribution in [1.82, 2.24) is 5.32 Å². The summed E-state index contributed by atoms with van der Waals surface area (Å²) >= 11 is 1.53. The highest BCUT2D eigenvalue weighted by atomic mass is 32.2. The number of nitrogens with one attached hydrogen (secondary N) is 1. The average molecular weight is 522 g/mol. The molecule has 1 amide bonds. The van der Waals surface area contributed by atoms with E-state index in [9.17, 15) is 24.3 Å². The Morgan fingerprint density at radius 1 is 1.06 bits per heavy atom. The highest BCUT2D eigenvalue weighted by molar-refractivity contribution is 7.98. The quantitative estimate of drug-likeness (QED) is 0.426. The first-order valence-corrected chi connectivity index (χ1v) is 15.2. The van der Waals surface area contributed by atoms with Gasteiger partial charge >= 0.3 is 11.9 Å². The maximum atomic E-state index is 12.7. The molecule has 0 saturated heterocycles. The van der Waals surface area contributed by atoms with Crippen LogP contribution >= 0.6 is 11.8 Å². The number of carbonyl (C=O) groups is 4. The first kappa shape index (κ1) is 27.5. The van der Waals surface area contributed by atoms with Gasteiger partial charge in [-0.15, -0.1) is 0 Å². The number of ketones is 1. The van der Waals surface area contributed by atoms with Gasteiger partial charge in [0.15, 0.2) is 0 Å². The van der Waals surface area contributed by atoms with Crippen molar-refractivity contribution in [3.8, 4) is 0 Å². The normalized spacial score (nSPS) is 38.3. The number of carbonyl (C=O) groups excluding carboxylic acids is 3. The first-order valence-electron chi connectivity index (χ1n) is 13.8. The van der Waals surface area contributed by atoms with Crippen LogP contribution in [-0.4, -0.2) is 52.9 Å². The van der Waals surface area contributed by atoms with E-state index in [1.54, 1.807) is 0 Å². The number of rotatable bonds is 9. The molecule has 36 heavy (non-hydrogen) atoms. The molecule has 4 rings (SSSR count). The summed E-state index contributed by atoms with van der Waals surface area (Å²) < 4.78 is 5.99. The van der Waals surface area contributed by atoms with Gasteiger partial charge in [0.1, 0.15) is 17.9 Å². The van der Waals surface area contributed by atoms with Crippen LogP contribution < -0.4 is 5.32 Å². The second-order valence-corrected chi connectivity index (χ2v) is 13.2. The molecule has 4 saturated carbocycles. The standard InChI is InChI=1S/C28H43NO6S/c1-27-13-10-18(30)16-17(27)4-5-19-20-6-7-23(28(20,2)14-11-21(19)27)35-25(32)9-8-24(31)29-22(26(33)34)12-15-36-3/h17,19-23H,4-16H2,1-3H3,(H,29,31)(H,33,34)/t17-,19-,20-,21-,22+,23-,27-,28-/m0/s1. The van der Waals surface area contributed by atoms with Gasteiger partial charge in [-0.25, -0.2) is 4.79 Å². The third kappa shape index (κ3) is 5.34. The molecule has 0 spiro atoms. The highest BCUT2D eigenvalue weighted by Crippen LogP contribution is 2.66. The predicted molar refractivity (Wildman–Crippen MR) is 138 cm³/mol. The lowest BCUT2D eigenvalue weighted by Crippen LogP contribution is -2.54. The number of fused-ring (bicyclic) bond motifs is 5. The Bertz CT molecular complexity index is 878. The van der Waals surface area contributed by atoms with E-state index in [0.717, 1.165) is 51.4 Å². The largest absolute Gasteiger partial charge is 0.480 e. The minimum atomic E-state index is -1.05. The van der Waals surface area contributed by atoms with Gasteiger partial charge in [-0.1, -0.05) is 13.8 Å². The lowest BCUT2D eigenvalue weighted by molar-refractivity contribution is -0.164. The Hall–Kier alpha value is -1.57. The summed E-state index contributed by atoms with van der Waals surface area (Å²) in [6, 6.07) is -0.926. The lowest BCUT2D eigenvalue weighted by Gasteiger charge is -2.60. The highest BCUT2D eigenvalue weighted by Gasteiger charge is 2.61. The number of carboxylic acid groups (broad SMARTS) is 1. The van der Waals surface area contributed by atoms with Crippen molar-refractivity contribution in [2.45, 2.75) is 103 Å². The molecular formula is C28H43NO6S. The van der Waals surface area contributed by atoms with Crippen molar-refractivity contribution in [1.29, 1.82) is 0 Å². The van der Waals surface area contributed by atoms with Gasteiger partial charge in [-0.2, -0.15) is 11.8 Å². The van der Waals surface area contributed by atoms with E-state index in [0.29, 0.717) is 41.6 Å². The van der Waals surface area contributed by atoms with E-state index in [4.69, 9.17) is 4.74 Å². The van der Waals surface area contributed by atoms with E-state index in [-0.39, 0.29) is 35.7 Å². The topological polar surface area (TPSA) is 110 Å². The fraction of sp³-hybridized carbons (Fsp3) is 0.857. The van der Waals surface area contributed by atoms with Crippen molar-refractivity contribution in [3.05, 3.63) is 0 Å². The second kappa shape index (κ2) is 11.0. The van der Waals surface area contributed by atoms with Gasteiger partial charge in [0, 0.05) is 24.7 Å². The second-order valence-electron chi connectivity index (χ2n) is 12.2. The summed E-state index contributed by atoms with van der Waals surface area (Å²) in [6.07, 6.45) is 11.0. The van der Waals surface area contributed by atoms with E-state index < -0.39 is 17.9 Å². The van der Waals surface area contributed by atoms with Crippen molar-refractivity contribution >= 4 is 35.4 Å². The van der Waals surface area contributed by atoms with Crippen LogP contribution in [0.15, 0.2) is 0 Å². The summed E-state index contributed by atoms with van der Waals surface area (Å²) in [5.74, 6) is 1.62. The number of esters is 1. The monoisotopic (exact) mass is 521 g/mol. The Labute approximate surface area is 219 Å². The van der Waals surface area contributed by atoms with Crippen LogP contribution in [0.2, 0.25) is 0 Å². The molecule has 4 fully saturated rings. The maximum absolute atomic E-state index is 12.7. The summed E-state index contributed by atoms with van der Waals surface area (Å²) in [4.78, 5) is 48.5. The van der Waals surface area contributed by atoms with E-state index in [1.807, 2.05) is 6.26 Å². The van der Waals surface area contributed by atoms with E-state index in [2.05, 4.69) is 19.2 Å². The third-order valence-electron chi connectivity index (χ3n) is 10.5. The molecule has 8 heteroatoms. The van der Waals surface area contributed by atoms with Crippen LogP contribution in [0, 0.1) is 34.5 Å². The molecule has 0 radical (unpaired) electrons. The molecule has 7 nitrogen and oxygen atoms in total. The summed E-state index contributed by atoms with van der Waals surface area (Å²) in [5, 5.41) is 11.8. The number of ether oxygens (including phenoxy) is 1. The Morgan fingerprint density at radius 3 is 2.53 bits per heavy atom. The fourth-order valence-corrected chi connectivity index (χ4v) is 8.86. The molecular weight excluding hydrogens is 478 g/mol. The molecule has 0 aromatic carbocycles. The number of Topliss-reactive ketones (excluding diaryl/α,β-unsaturated/α-hetero) is 1. The van der Waals surface area contributed by atoms with Crippen LogP contribution in [0.1, 0.15) is 90.9 Å². The molecule has 0 bridgehead atoms. The van der Waals surface area contributed by atoms with Crippen LogP contribution in [0.3, 0.4) is 0 Å². The fourth-order valence-electron chi connectivity index (χ4n) is 8.38. The van der Waals surface area contributed by atoms with Gasteiger partial charge in [0.25, 0.3) is 0 Å². The molecule has 202 valence electrons. The van der Waals surface area contributed by atoms with Crippen molar-refractivity contribution in [2.24, 2.45) is 34.5 Å². The van der Waals surface area contributed by atoms with E-state index >= 15 is 0 Å². The lowest BCUT2D eigenvalue weighted by atomic mass is 9.45. The van der Waals surface area contributed by atoms with Crippen LogP contribution in [0.4, 0.5) is 0 Å². The van der Waals surface area contributed by atoms with Crippen LogP contribution in [0.5, 0.6) is 0 Å². The van der Waals surface area contributed by atoms with Crippen LogP contribution in [0.25, 0.3) is 0 Å². The molecule has 0 aromatic heterocycles.